The zero-order valence-corrected chi connectivity index (χ0v) is 11.0. The van der Waals surface area contributed by atoms with Crippen molar-refractivity contribution in [3.8, 4) is 0 Å². The average Bonchev–Trinajstić information content (AvgIpc) is 2.13. The fourth-order valence-corrected chi connectivity index (χ4v) is 1.05. The van der Waals surface area contributed by atoms with Gasteiger partial charge in [0.1, 0.15) is 11.6 Å². The molecule has 96 valence electrons. The first-order valence-electron chi connectivity index (χ1n) is 5.29. The van der Waals surface area contributed by atoms with Gasteiger partial charge < -0.3 is 15.0 Å². The molecule has 0 heterocycles. The zero-order chi connectivity index (χ0) is 13.6. The van der Waals surface area contributed by atoms with Gasteiger partial charge in [0.25, 0.3) is 0 Å². The molecule has 0 aromatic carbocycles. The topological polar surface area (TPSA) is 58.6 Å². The van der Waals surface area contributed by atoms with Gasteiger partial charge in [-0.1, -0.05) is 6.58 Å². The Labute approximate surface area is 102 Å². The first-order valence-corrected chi connectivity index (χ1v) is 5.29. The van der Waals surface area contributed by atoms with Gasteiger partial charge in [-0.05, 0) is 27.7 Å². The van der Waals surface area contributed by atoms with Crippen LogP contribution in [0.1, 0.15) is 27.7 Å². The number of nitrogens with zero attached hydrogens (tertiary/aromatic N) is 1. The minimum absolute atomic E-state index is 0.271. The van der Waals surface area contributed by atoms with Gasteiger partial charge in [-0.2, -0.15) is 0 Å². The number of hydrogen-bond donors (Lipinski definition) is 1. The lowest BCUT2D eigenvalue weighted by atomic mass is 10.2. The van der Waals surface area contributed by atoms with E-state index in [9.17, 15) is 9.59 Å². The number of alkyl carbamates (subject to hydrolysis) is 1. The van der Waals surface area contributed by atoms with Crippen LogP contribution < -0.4 is 5.32 Å². The third-order valence-electron chi connectivity index (χ3n) is 1.74. The maximum Gasteiger partial charge on any atom is 0.408 e. The van der Waals surface area contributed by atoms with Crippen LogP contribution in [0, 0.1) is 0 Å². The highest BCUT2D eigenvalue weighted by Crippen LogP contribution is 2.06. The third-order valence-corrected chi connectivity index (χ3v) is 1.74. The number of hydrogen-bond acceptors (Lipinski definition) is 3. The van der Waals surface area contributed by atoms with Gasteiger partial charge in [-0.3, -0.25) is 4.79 Å². The lowest BCUT2D eigenvalue weighted by Crippen LogP contribution is -2.45. The summed E-state index contributed by atoms with van der Waals surface area (Å²) in [5, 5.41) is 2.45. The van der Waals surface area contributed by atoms with E-state index in [4.69, 9.17) is 4.74 Å². The van der Waals surface area contributed by atoms with Crippen LogP contribution in [0.5, 0.6) is 0 Å². The second kappa shape index (κ2) is 6.11. The predicted octanol–water partition coefficient (Wildman–Crippen LogP) is 1.66. The molecule has 0 rings (SSSR count). The highest BCUT2D eigenvalue weighted by atomic mass is 16.6. The molecule has 0 radical (unpaired) electrons. The summed E-state index contributed by atoms with van der Waals surface area (Å²) in [5.41, 5.74) is 1.90. The van der Waals surface area contributed by atoms with Crippen molar-refractivity contribution in [2.75, 3.05) is 7.05 Å². The molecule has 1 atom stereocenters. The molecule has 1 N–H and O–H groups in total. The van der Waals surface area contributed by atoms with E-state index >= 15 is 0 Å². The van der Waals surface area contributed by atoms with Gasteiger partial charge in [0, 0.05) is 13.2 Å². The summed E-state index contributed by atoms with van der Waals surface area (Å²) in [6, 6.07) is -0.667. The van der Waals surface area contributed by atoms with Crippen LogP contribution in [0.15, 0.2) is 18.5 Å². The first kappa shape index (κ1) is 15.3. The highest BCUT2D eigenvalue weighted by Gasteiger charge is 2.22. The molecular weight excluding hydrogens is 220 g/mol. The molecule has 0 bridgehead atoms. The normalized spacial score (nSPS) is 12.1. The van der Waals surface area contributed by atoms with E-state index in [1.165, 1.54) is 11.1 Å². The lowest BCUT2D eigenvalue weighted by molar-refractivity contribution is -0.129. The van der Waals surface area contributed by atoms with E-state index in [2.05, 4.69) is 17.6 Å². The second-order valence-corrected chi connectivity index (χ2v) is 4.65. The van der Waals surface area contributed by atoms with Crippen LogP contribution in [-0.2, 0) is 9.53 Å². The summed E-state index contributed by atoms with van der Waals surface area (Å²) in [6.07, 6.45) is 0.782. The molecule has 0 unspecified atom stereocenters. The molecule has 0 aromatic heterocycles. The van der Waals surface area contributed by atoms with E-state index in [1.807, 2.05) is 0 Å². The van der Waals surface area contributed by atoms with Crippen molar-refractivity contribution in [2.24, 2.45) is 0 Å². The number of amides is 2. The van der Waals surface area contributed by atoms with Crippen LogP contribution in [0.2, 0.25) is 0 Å². The molecule has 0 aromatic rings. The van der Waals surface area contributed by atoms with Crippen LogP contribution in [0.25, 0.3) is 0 Å². The quantitative estimate of drug-likeness (QED) is 0.763. The number of ether oxygens (including phenoxy) is 1. The molecule has 2 amide bonds. The maximum atomic E-state index is 11.7. The molecule has 0 saturated heterocycles. The van der Waals surface area contributed by atoms with Gasteiger partial charge >= 0.3 is 6.09 Å². The first-order chi connectivity index (χ1) is 7.67. The molecule has 0 fully saturated rings. The van der Waals surface area contributed by atoms with Crippen LogP contribution >= 0.6 is 0 Å². The average molecular weight is 240 g/mol. The number of likely N-dealkylation sites (N-methyl/N-ethyl adjacent to an activating group) is 1. The molecule has 0 saturated carbocycles. The molecule has 0 aliphatic rings. The van der Waals surface area contributed by atoms with E-state index in [0.29, 0.717) is 0 Å². The van der Waals surface area contributed by atoms with Gasteiger partial charge in [-0.15, -0.1) is 5.73 Å². The molecule has 17 heavy (non-hydrogen) atoms. The van der Waals surface area contributed by atoms with Crippen molar-refractivity contribution in [3.05, 3.63) is 18.5 Å². The summed E-state index contributed by atoms with van der Waals surface area (Å²) < 4.78 is 5.04. The molecule has 0 spiro atoms. The number of nitrogens with one attached hydrogen (secondary N) is 1. The van der Waals surface area contributed by atoms with Crippen molar-refractivity contribution < 1.29 is 14.3 Å². The fraction of sp³-hybridized carbons (Fsp3) is 0.583. The standard InChI is InChI=1S/C12H20N2O3/c1-7-8-14(6)10(15)9(2)13-11(16)17-12(3,4)5/h8-9H,1H2,2-6H3,(H,13,16)/t9-/m0/s1. The summed E-state index contributed by atoms with van der Waals surface area (Å²) in [6.45, 7) is 10.2. The Hall–Kier alpha value is -1.74. The van der Waals surface area contributed by atoms with Crippen molar-refractivity contribution in [2.45, 2.75) is 39.3 Å². The molecule has 5 heteroatoms. The van der Waals surface area contributed by atoms with Gasteiger partial charge in [0.05, 0.1) is 0 Å². The third kappa shape index (κ3) is 6.43. The molecule has 0 aliphatic carbocycles. The van der Waals surface area contributed by atoms with Gasteiger partial charge in [-0.25, -0.2) is 4.79 Å². The fourth-order valence-electron chi connectivity index (χ4n) is 1.05. The van der Waals surface area contributed by atoms with E-state index < -0.39 is 17.7 Å². The van der Waals surface area contributed by atoms with Gasteiger partial charge in [0.15, 0.2) is 0 Å². The smallest absolute Gasteiger partial charge is 0.408 e. The van der Waals surface area contributed by atoms with Crippen LogP contribution in [0.4, 0.5) is 4.79 Å². The monoisotopic (exact) mass is 240 g/mol. The van der Waals surface area contributed by atoms with E-state index in [1.54, 1.807) is 34.7 Å². The van der Waals surface area contributed by atoms with Crippen molar-refractivity contribution in [3.63, 3.8) is 0 Å². The Bertz CT molecular complexity index is 338. The minimum atomic E-state index is -0.667. The summed E-state index contributed by atoms with van der Waals surface area (Å²) in [5.74, 6) is -0.271. The molecule has 5 nitrogen and oxygen atoms in total. The highest BCUT2D eigenvalue weighted by molar-refractivity contribution is 5.85. The Kier molecular flexibility index (Phi) is 5.48. The second-order valence-electron chi connectivity index (χ2n) is 4.65. The Balaban J connectivity index is 4.35. The van der Waals surface area contributed by atoms with E-state index in [-0.39, 0.29) is 5.91 Å². The van der Waals surface area contributed by atoms with Crippen LogP contribution in [0.3, 0.4) is 0 Å². The summed E-state index contributed by atoms with van der Waals surface area (Å²) in [7, 11) is 1.56. The van der Waals surface area contributed by atoms with Crippen molar-refractivity contribution in [1.29, 1.82) is 0 Å². The van der Waals surface area contributed by atoms with E-state index in [0.717, 1.165) is 0 Å². The molecular formula is C12H20N2O3. The number of rotatable bonds is 3. The van der Waals surface area contributed by atoms with Crippen LogP contribution in [-0.4, -0.2) is 35.6 Å². The molecule has 0 aliphatic heterocycles. The largest absolute Gasteiger partial charge is 0.444 e. The number of carbonyl (C=O) groups is 2. The summed E-state index contributed by atoms with van der Waals surface area (Å²) in [4.78, 5) is 24.4. The zero-order valence-electron chi connectivity index (χ0n) is 11.0. The Morgan fingerprint density at radius 2 is 2.00 bits per heavy atom. The summed E-state index contributed by atoms with van der Waals surface area (Å²) >= 11 is 0. The van der Waals surface area contributed by atoms with Crippen molar-refractivity contribution in [1.82, 2.24) is 10.2 Å². The Morgan fingerprint density at radius 1 is 1.47 bits per heavy atom. The lowest BCUT2D eigenvalue weighted by Gasteiger charge is -2.22. The van der Waals surface area contributed by atoms with Gasteiger partial charge in [0.2, 0.25) is 5.91 Å². The SMILES string of the molecule is C=C=CN(C)C(=O)[C@H](C)NC(=O)OC(C)(C)C. The minimum Gasteiger partial charge on any atom is -0.444 e. The Morgan fingerprint density at radius 3 is 2.41 bits per heavy atom. The maximum absolute atomic E-state index is 11.7. The predicted molar refractivity (Wildman–Crippen MR) is 65.3 cm³/mol. The number of carbonyl (C=O) groups excluding carboxylic acids is 2. The van der Waals surface area contributed by atoms with Crippen molar-refractivity contribution >= 4 is 12.0 Å².